The van der Waals surface area contributed by atoms with Crippen LogP contribution in [-0.2, 0) is 42.9 Å². The number of aromatic nitrogens is 4. The number of nitrogens with zero attached hydrogens (tertiary/aromatic N) is 4. The number of carbonyl (C=O) groups excluding carboxylic acids is 4. The van der Waals surface area contributed by atoms with Crippen molar-refractivity contribution in [1.82, 2.24) is 19.5 Å². The Kier molecular flexibility index (Phi) is 6.76. The summed E-state index contributed by atoms with van der Waals surface area (Å²) in [6.07, 6.45) is -1.23. The summed E-state index contributed by atoms with van der Waals surface area (Å²) >= 11 is 0. The minimum Gasteiger partial charge on any atom is -0.462 e. The molecule has 0 radical (unpaired) electrons. The van der Waals surface area contributed by atoms with Crippen molar-refractivity contribution in [2.24, 2.45) is 0 Å². The molecule has 1 fully saturated rings. The molecule has 33 heavy (non-hydrogen) atoms. The fourth-order valence-corrected chi connectivity index (χ4v) is 3.48. The lowest BCUT2D eigenvalue weighted by Crippen LogP contribution is -2.53. The first-order valence-corrected chi connectivity index (χ1v) is 9.76. The fraction of sp³-hybridized carbons (Fsp3) is 0.526. The highest BCUT2D eigenvalue weighted by atomic mass is 16.7. The van der Waals surface area contributed by atoms with Gasteiger partial charge < -0.3 is 29.4 Å². The summed E-state index contributed by atoms with van der Waals surface area (Å²) in [6, 6.07) is 0. The van der Waals surface area contributed by atoms with Gasteiger partial charge in [-0.3, -0.25) is 23.7 Å². The first-order chi connectivity index (χ1) is 15.5. The number of fused-ring (bicyclic) bond motifs is 1. The second-order valence-corrected chi connectivity index (χ2v) is 7.32. The van der Waals surface area contributed by atoms with Crippen molar-refractivity contribution in [3.63, 3.8) is 0 Å². The zero-order valence-electron chi connectivity index (χ0n) is 18.3. The molecule has 14 heteroatoms. The van der Waals surface area contributed by atoms with E-state index in [0.717, 1.165) is 13.8 Å². The number of carbonyl (C=O) groups is 4. The molecular formula is C19H23N5O9. The highest BCUT2D eigenvalue weighted by Crippen LogP contribution is 2.42. The zero-order valence-corrected chi connectivity index (χ0v) is 18.3. The maximum Gasteiger partial charge on any atom is 0.303 e. The molecule has 0 amide bonds. The molecule has 0 aromatic carbocycles. The molecule has 1 saturated heterocycles. The van der Waals surface area contributed by atoms with E-state index in [1.807, 2.05) is 0 Å². The van der Waals surface area contributed by atoms with Crippen molar-refractivity contribution in [3.05, 3.63) is 12.7 Å². The molecule has 3 heterocycles. The van der Waals surface area contributed by atoms with E-state index in [1.165, 1.54) is 31.1 Å². The van der Waals surface area contributed by atoms with Crippen molar-refractivity contribution in [1.29, 1.82) is 0 Å². The summed E-state index contributed by atoms with van der Waals surface area (Å²) < 4.78 is 28.8. The third kappa shape index (κ3) is 5.00. The first-order valence-electron chi connectivity index (χ1n) is 9.76. The number of anilines is 1. The van der Waals surface area contributed by atoms with E-state index < -0.39 is 61.1 Å². The normalized spacial score (nSPS) is 21.4. The number of hydrogen-bond acceptors (Lipinski definition) is 13. The molecule has 178 valence electrons. The van der Waals surface area contributed by atoms with Gasteiger partial charge in [-0.1, -0.05) is 0 Å². The average molecular weight is 465 g/mol. The Morgan fingerprint density at radius 1 is 0.970 bits per heavy atom. The van der Waals surface area contributed by atoms with Crippen LogP contribution >= 0.6 is 0 Å². The van der Waals surface area contributed by atoms with Gasteiger partial charge >= 0.3 is 23.9 Å². The first kappa shape index (κ1) is 23.8. The predicted molar refractivity (Wildman–Crippen MR) is 107 cm³/mol. The second kappa shape index (κ2) is 9.36. The number of nitrogens with two attached hydrogens (primary N) is 1. The van der Waals surface area contributed by atoms with Crippen LogP contribution in [-0.4, -0.2) is 74.4 Å². The van der Waals surface area contributed by atoms with Gasteiger partial charge in [-0.15, -0.1) is 0 Å². The minimum atomic E-state index is -1.72. The maximum absolute atomic E-state index is 12.0. The molecule has 1 aliphatic heterocycles. The summed E-state index contributed by atoms with van der Waals surface area (Å²) in [4.78, 5) is 59.2. The monoisotopic (exact) mass is 465 g/mol. The van der Waals surface area contributed by atoms with Gasteiger partial charge in [0.2, 0.25) is 0 Å². The summed E-state index contributed by atoms with van der Waals surface area (Å²) in [5, 5.41) is 0. The van der Waals surface area contributed by atoms with Gasteiger partial charge in [-0.25, -0.2) is 15.0 Å². The quantitative estimate of drug-likeness (QED) is 0.414. The number of hydrogen-bond donors (Lipinski definition) is 1. The Bertz CT molecular complexity index is 1070. The lowest BCUT2D eigenvalue weighted by atomic mass is 9.96. The van der Waals surface area contributed by atoms with Gasteiger partial charge in [0.1, 0.15) is 25.1 Å². The second-order valence-electron chi connectivity index (χ2n) is 7.32. The summed E-state index contributed by atoms with van der Waals surface area (Å²) in [6.45, 7) is 3.67. The van der Waals surface area contributed by atoms with Crippen LogP contribution in [0.2, 0.25) is 0 Å². The van der Waals surface area contributed by atoms with E-state index in [2.05, 4.69) is 15.0 Å². The van der Waals surface area contributed by atoms with Gasteiger partial charge in [0.25, 0.3) is 0 Å². The molecule has 3 atom stereocenters. The molecular weight excluding hydrogens is 442 g/mol. The molecule has 2 N–H and O–H groups in total. The third-order valence-electron chi connectivity index (χ3n) is 4.75. The third-order valence-corrected chi connectivity index (χ3v) is 4.75. The van der Waals surface area contributed by atoms with Crippen LogP contribution in [0.4, 0.5) is 5.82 Å². The Morgan fingerprint density at radius 3 is 2.12 bits per heavy atom. The van der Waals surface area contributed by atoms with Crippen molar-refractivity contribution in [2.75, 3.05) is 18.9 Å². The fourth-order valence-electron chi connectivity index (χ4n) is 3.48. The largest absolute Gasteiger partial charge is 0.462 e. The van der Waals surface area contributed by atoms with Crippen LogP contribution in [0.25, 0.3) is 11.2 Å². The number of esters is 4. The zero-order chi connectivity index (χ0) is 24.3. The van der Waals surface area contributed by atoms with Gasteiger partial charge in [0.05, 0.1) is 6.33 Å². The van der Waals surface area contributed by atoms with Crippen LogP contribution in [0.1, 0.15) is 33.9 Å². The summed E-state index contributed by atoms with van der Waals surface area (Å²) in [5.41, 5.74) is 4.63. The highest BCUT2D eigenvalue weighted by Gasteiger charge is 2.61. The van der Waals surface area contributed by atoms with Crippen LogP contribution in [0.15, 0.2) is 12.7 Å². The molecule has 0 spiro atoms. The molecule has 0 unspecified atom stereocenters. The van der Waals surface area contributed by atoms with Crippen molar-refractivity contribution in [3.8, 4) is 0 Å². The Hall–Kier alpha value is -3.81. The lowest BCUT2D eigenvalue weighted by molar-refractivity contribution is -0.192. The number of rotatable bonds is 7. The molecule has 1 aliphatic rings. The van der Waals surface area contributed by atoms with E-state index >= 15 is 0 Å². The number of ether oxygens (including phenoxy) is 5. The van der Waals surface area contributed by atoms with E-state index in [0.29, 0.717) is 0 Å². The van der Waals surface area contributed by atoms with Crippen molar-refractivity contribution < 1.29 is 42.9 Å². The molecule has 0 bridgehead atoms. The maximum atomic E-state index is 12.0. The molecule has 0 saturated carbocycles. The number of imidazole rings is 1. The van der Waals surface area contributed by atoms with Crippen LogP contribution in [0.3, 0.4) is 0 Å². The minimum absolute atomic E-state index is 0.100. The molecule has 2 aromatic heterocycles. The van der Waals surface area contributed by atoms with E-state index in [4.69, 9.17) is 29.4 Å². The Morgan fingerprint density at radius 2 is 1.58 bits per heavy atom. The molecule has 14 nitrogen and oxygen atoms in total. The highest BCUT2D eigenvalue weighted by molar-refractivity contribution is 5.81. The topological polar surface area (TPSA) is 184 Å². The Labute approximate surface area is 187 Å². The van der Waals surface area contributed by atoms with E-state index in [-0.39, 0.29) is 17.0 Å². The molecule has 3 rings (SSSR count). The Balaban J connectivity index is 2.15. The average Bonchev–Trinajstić information content (AvgIpc) is 3.26. The predicted octanol–water partition coefficient (Wildman–Crippen LogP) is -0.334. The van der Waals surface area contributed by atoms with Gasteiger partial charge in [0.15, 0.2) is 35.5 Å². The molecule has 2 aromatic rings. The van der Waals surface area contributed by atoms with Crippen LogP contribution in [0.5, 0.6) is 0 Å². The van der Waals surface area contributed by atoms with Gasteiger partial charge in [-0.2, -0.15) is 0 Å². The number of nitrogen functional groups attached to an aromatic ring is 1. The van der Waals surface area contributed by atoms with Crippen LogP contribution in [0, 0.1) is 0 Å². The standard InChI is InChI=1S/C19H23N5O9/c1-9(25)29-5-19(6-30-10(2)26)15(32-12(4)28)14(31-11(3)27)18(33-19)24-8-23-13-16(20)21-7-22-17(13)24/h7-8,14-15,18H,5-6H2,1-4H3,(H2,20,21,22)/t14-,15-,18-/m1/s1. The van der Waals surface area contributed by atoms with Gasteiger partial charge in [-0.05, 0) is 0 Å². The summed E-state index contributed by atoms with van der Waals surface area (Å²) in [7, 11) is 0. The lowest BCUT2D eigenvalue weighted by Gasteiger charge is -2.32. The summed E-state index contributed by atoms with van der Waals surface area (Å²) in [5.74, 6) is -2.67. The van der Waals surface area contributed by atoms with E-state index in [9.17, 15) is 19.2 Å². The van der Waals surface area contributed by atoms with Crippen molar-refractivity contribution in [2.45, 2.75) is 51.7 Å². The van der Waals surface area contributed by atoms with Gasteiger partial charge in [0, 0.05) is 27.7 Å². The smallest absolute Gasteiger partial charge is 0.303 e. The van der Waals surface area contributed by atoms with E-state index in [1.54, 1.807) is 0 Å². The SMILES string of the molecule is CC(=O)OCC1(COC(C)=O)O[C@@H](n2cnc3c(N)ncnc32)[C@H](OC(C)=O)[C@H]1OC(C)=O. The van der Waals surface area contributed by atoms with Crippen LogP contribution < -0.4 is 5.73 Å². The van der Waals surface area contributed by atoms with Crippen molar-refractivity contribution >= 4 is 40.9 Å². The molecule has 0 aliphatic carbocycles.